The summed E-state index contributed by atoms with van der Waals surface area (Å²) in [6, 6.07) is 0. The highest BCUT2D eigenvalue weighted by atomic mass is 32.2. The largest absolute Gasteiger partial charge is 0.377 e. The summed E-state index contributed by atoms with van der Waals surface area (Å²) in [7, 11) is -1.02. The summed E-state index contributed by atoms with van der Waals surface area (Å²) in [5.74, 6) is 1.22. The molecular weight excluding hydrogens is 236 g/mol. The van der Waals surface area contributed by atoms with Crippen LogP contribution in [0.15, 0.2) is 0 Å². The van der Waals surface area contributed by atoms with Gasteiger partial charge in [0.25, 0.3) is 0 Å². The van der Waals surface area contributed by atoms with Gasteiger partial charge in [-0.25, -0.2) is 0 Å². The molecule has 0 amide bonds. The van der Waals surface area contributed by atoms with Gasteiger partial charge in [0.15, 0.2) is 0 Å². The van der Waals surface area contributed by atoms with E-state index in [0.717, 1.165) is 45.1 Å². The Morgan fingerprint density at radius 3 is 2.53 bits per heavy atom. The number of carbonyl (C=O) groups is 1. The Kier molecular flexibility index (Phi) is 5.16. The van der Waals surface area contributed by atoms with E-state index in [4.69, 9.17) is 4.74 Å². The molecule has 1 saturated carbocycles. The van der Waals surface area contributed by atoms with Crippen molar-refractivity contribution >= 4 is 16.6 Å². The van der Waals surface area contributed by atoms with E-state index in [9.17, 15) is 9.00 Å². The number of hydrogen-bond donors (Lipinski definition) is 0. The first-order chi connectivity index (χ1) is 8.25. The first-order valence-electron chi connectivity index (χ1n) is 6.75. The van der Waals surface area contributed by atoms with Crippen molar-refractivity contribution in [3.63, 3.8) is 0 Å². The van der Waals surface area contributed by atoms with Crippen LogP contribution in [0.1, 0.15) is 44.9 Å². The predicted octanol–water partition coefficient (Wildman–Crippen LogP) is 2.06. The second-order valence-corrected chi connectivity index (χ2v) is 6.69. The molecule has 0 aromatic heterocycles. The van der Waals surface area contributed by atoms with E-state index in [1.165, 1.54) is 6.42 Å². The lowest BCUT2D eigenvalue weighted by Crippen LogP contribution is -2.26. The van der Waals surface area contributed by atoms with Crippen molar-refractivity contribution in [2.45, 2.75) is 51.0 Å². The molecule has 1 saturated heterocycles. The Morgan fingerprint density at radius 2 is 1.88 bits per heavy atom. The van der Waals surface area contributed by atoms with Crippen molar-refractivity contribution in [2.24, 2.45) is 5.92 Å². The highest BCUT2D eigenvalue weighted by molar-refractivity contribution is 7.85. The van der Waals surface area contributed by atoms with Crippen LogP contribution in [0.5, 0.6) is 0 Å². The van der Waals surface area contributed by atoms with Crippen molar-refractivity contribution in [2.75, 3.05) is 18.1 Å². The smallest absolute Gasteiger partial charge is 0.148 e. The number of ketones is 1. The summed E-state index contributed by atoms with van der Waals surface area (Å²) in [6.45, 7) is 0.790. The van der Waals surface area contributed by atoms with Crippen LogP contribution in [0.25, 0.3) is 0 Å². The van der Waals surface area contributed by atoms with Crippen LogP contribution in [0.3, 0.4) is 0 Å². The third kappa shape index (κ3) is 4.18. The van der Waals surface area contributed by atoms with E-state index in [2.05, 4.69) is 0 Å². The van der Waals surface area contributed by atoms with Gasteiger partial charge < -0.3 is 4.74 Å². The van der Waals surface area contributed by atoms with E-state index in [1.807, 2.05) is 0 Å². The molecular formula is C13H22O3S. The SMILES string of the molecule is O=C(CS(=O)CC1CCCO1)C1CCCCC1. The fourth-order valence-electron chi connectivity index (χ4n) is 2.74. The van der Waals surface area contributed by atoms with Gasteiger partial charge in [-0.2, -0.15) is 0 Å². The van der Waals surface area contributed by atoms with Gasteiger partial charge in [-0.1, -0.05) is 19.3 Å². The number of Topliss-reactive ketones (excluding diaryl/α,β-unsaturated/α-hetero) is 1. The highest BCUT2D eigenvalue weighted by Gasteiger charge is 2.24. The van der Waals surface area contributed by atoms with Crippen LogP contribution in [-0.2, 0) is 20.3 Å². The van der Waals surface area contributed by atoms with Gasteiger partial charge in [-0.05, 0) is 25.7 Å². The highest BCUT2D eigenvalue weighted by Crippen LogP contribution is 2.24. The first kappa shape index (κ1) is 13.2. The normalized spacial score (nSPS) is 28.1. The molecule has 1 aliphatic carbocycles. The van der Waals surface area contributed by atoms with E-state index in [1.54, 1.807) is 0 Å². The van der Waals surface area contributed by atoms with E-state index >= 15 is 0 Å². The van der Waals surface area contributed by atoms with Crippen LogP contribution in [0, 0.1) is 5.92 Å². The Hall–Kier alpha value is -0.220. The molecule has 2 fully saturated rings. The fourth-order valence-corrected chi connectivity index (χ4v) is 4.09. The number of carbonyl (C=O) groups excluding carboxylic acids is 1. The van der Waals surface area contributed by atoms with Crippen LogP contribution in [0.4, 0.5) is 0 Å². The molecule has 98 valence electrons. The standard InChI is InChI=1S/C13H22O3S/c14-13(11-5-2-1-3-6-11)10-17(15)9-12-7-4-8-16-12/h11-12H,1-10H2. The van der Waals surface area contributed by atoms with E-state index < -0.39 is 10.8 Å². The third-order valence-electron chi connectivity index (χ3n) is 3.76. The van der Waals surface area contributed by atoms with Crippen molar-refractivity contribution in [3.8, 4) is 0 Å². The molecule has 0 bridgehead atoms. The van der Waals surface area contributed by atoms with E-state index in [0.29, 0.717) is 5.75 Å². The summed E-state index contributed by atoms with van der Waals surface area (Å²) in [4.78, 5) is 11.9. The monoisotopic (exact) mass is 258 g/mol. The van der Waals surface area contributed by atoms with Crippen LogP contribution in [-0.4, -0.2) is 34.2 Å². The zero-order valence-corrected chi connectivity index (χ0v) is 11.2. The molecule has 2 aliphatic rings. The van der Waals surface area contributed by atoms with Crippen LogP contribution >= 0.6 is 0 Å². The molecule has 2 unspecified atom stereocenters. The number of rotatable bonds is 5. The van der Waals surface area contributed by atoms with Gasteiger partial charge in [0, 0.05) is 23.3 Å². The summed E-state index contributed by atoms with van der Waals surface area (Å²) in [5.41, 5.74) is 0. The molecule has 2 atom stereocenters. The molecule has 0 spiro atoms. The lowest BCUT2D eigenvalue weighted by Gasteiger charge is -2.20. The minimum atomic E-state index is -1.02. The molecule has 0 aromatic rings. The molecule has 0 N–H and O–H groups in total. The average molecular weight is 258 g/mol. The first-order valence-corrected chi connectivity index (χ1v) is 8.24. The van der Waals surface area contributed by atoms with Crippen LogP contribution < -0.4 is 0 Å². The molecule has 1 aliphatic heterocycles. The Balaban J connectivity index is 1.71. The lowest BCUT2D eigenvalue weighted by atomic mass is 9.87. The maximum absolute atomic E-state index is 11.9. The second-order valence-electron chi connectivity index (χ2n) is 5.19. The van der Waals surface area contributed by atoms with Crippen molar-refractivity contribution in [3.05, 3.63) is 0 Å². The van der Waals surface area contributed by atoms with Gasteiger partial charge >= 0.3 is 0 Å². The summed E-state index contributed by atoms with van der Waals surface area (Å²) >= 11 is 0. The van der Waals surface area contributed by atoms with Gasteiger partial charge in [0.2, 0.25) is 0 Å². The lowest BCUT2D eigenvalue weighted by molar-refractivity contribution is -0.121. The molecule has 4 heteroatoms. The fraction of sp³-hybridized carbons (Fsp3) is 0.923. The Bertz CT molecular complexity index is 278. The Morgan fingerprint density at radius 1 is 1.12 bits per heavy atom. The topological polar surface area (TPSA) is 43.4 Å². The molecule has 0 aromatic carbocycles. The molecule has 0 radical (unpaired) electrons. The predicted molar refractivity (Wildman–Crippen MR) is 68.4 cm³/mol. The minimum Gasteiger partial charge on any atom is -0.377 e. The van der Waals surface area contributed by atoms with Crippen LogP contribution in [0.2, 0.25) is 0 Å². The van der Waals surface area contributed by atoms with Crippen molar-refractivity contribution in [1.29, 1.82) is 0 Å². The minimum absolute atomic E-state index is 0.134. The van der Waals surface area contributed by atoms with Crippen molar-refractivity contribution < 1.29 is 13.7 Å². The zero-order chi connectivity index (χ0) is 12.1. The molecule has 1 heterocycles. The van der Waals surface area contributed by atoms with Gasteiger partial charge in [-0.3, -0.25) is 9.00 Å². The Labute approximate surface area is 106 Å². The van der Waals surface area contributed by atoms with E-state index in [-0.39, 0.29) is 23.6 Å². The van der Waals surface area contributed by atoms with Gasteiger partial charge in [0.1, 0.15) is 5.78 Å². The third-order valence-corrected chi connectivity index (χ3v) is 5.11. The van der Waals surface area contributed by atoms with Gasteiger partial charge in [0.05, 0.1) is 17.6 Å². The second kappa shape index (κ2) is 6.64. The maximum Gasteiger partial charge on any atom is 0.148 e. The molecule has 3 nitrogen and oxygen atoms in total. The summed E-state index contributed by atoms with van der Waals surface area (Å²) < 4.78 is 17.3. The van der Waals surface area contributed by atoms with Gasteiger partial charge in [-0.15, -0.1) is 0 Å². The zero-order valence-electron chi connectivity index (χ0n) is 10.4. The quantitative estimate of drug-likeness (QED) is 0.758. The van der Waals surface area contributed by atoms with Crippen molar-refractivity contribution in [1.82, 2.24) is 0 Å². The maximum atomic E-state index is 11.9. The molecule has 17 heavy (non-hydrogen) atoms. The summed E-state index contributed by atoms with van der Waals surface area (Å²) in [5, 5.41) is 0. The summed E-state index contributed by atoms with van der Waals surface area (Å²) in [6.07, 6.45) is 7.80. The average Bonchev–Trinajstić information content (AvgIpc) is 2.82. The number of ether oxygens (including phenoxy) is 1. The number of hydrogen-bond acceptors (Lipinski definition) is 3. The molecule has 2 rings (SSSR count).